The maximum atomic E-state index is 4.48. The predicted octanol–water partition coefficient (Wildman–Crippen LogP) is 0.106. The summed E-state index contributed by atoms with van der Waals surface area (Å²) in [4.78, 5) is 0. The van der Waals surface area contributed by atoms with Crippen LogP contribution in [-0.2, 0) is 3.73 Å². The minimum atomic E-state index is 0.792. The first-order valence-corrected chi connectivity index (χ1v) is 1.94. The Bertz CT molecular complexity index is 8.00. The van der Waals surface area contributed by atoms with Gasteiger partial charge in [-0.05, 0) is 0 Å². The Morgan fingerprint density at radius 3 is 2.25 bits per heavy atom. The molecule has 0 amide bonds. The van der Waals surface area contributed by atoms with Crippen LogP contribution in [0.5, 0.6) is 0 Å². The van der Waals surface area contributed by atoms with E-state index in [0.29, 0.717) is 0 Å². The van der Waals surface area contributed by atoms with E-state index >= 15 is 0 Å². The summed E-state index contributed by atoms with van der Waals surface area (Å²) in [7, 11) is 0. The van der Waals surface area contributed by atoms with Gasteiger partial charge in [-0.1, -0.05) is 0 Å². The predicted molar refractivity (Wildman–Crippen MR) is 17.4 cm³/mol. The molecular weight excluding hydrogens is 115 g/mol. The van der Waals surface area contributed by atoms with Crippen molar-refractivity contribution in [3.63, 3.8) is 0 Å². The van der Waals surface area contributed by atoms with Crippen LogP contribution >= 0.6 is 0 Å². The Balaban J connectivity index is 1.97. The third kappa shape index (κ3) is 2.52. The topological polar surface area (TPSA) is 9.23 Å². The first kappa shape index (κ1) is 4.52. The SMILES string of the molecule is CCO[As]. The van der Waals surface area contributed by atoms with Gasteiger partial charge in [-0.25, -0.2) is 0 Å². The Labute approximate surface area is 35.2 Å². The van der Waals surface area contributed by atoms with Crippen molar-refractivity contribution in [1.29, 1.82) is 0 Å². The van der Waals surface area contributed by atoms with Crippen molar-refractivity contribution in [2.24, 2.45) is 0 Å². The van der Waals surface area contributed by atoms with Gasteiger partial charge in [0.15, 0.2) is 0 Å². The summed E-state index contributed by atoms with van der Waals surface area (Å²) >= 11 is 2.04. The fourth-order valence-corrected chi connectivity index (χ4v) is 0. The van der Waals surface area contributed by atoms with E-state index in [2.05, 4.69) is 3.73 Å². The summed E-state index contributed by atoms with van der Waals surface area (Å²) in [5.41, 5.74) is 0. The average molecular weight is 120 g/mol. The van der Waals surface area contributed by atoms with Crippen LogP contribution in [0.25, 0.3) is 0 Å². The molecule has 0 N–H and O–H groups in total. The molecule has 0 aromatic carbocycles. The zero-order valence-corrected chi connectivity index (χ0v) is 4.44. The summed E-state index contributed by atoms with van der Waals surface area (Å²) in [5, 5.41) is 0. The standard InChI is InChI=1S/C2H5AsO/c1-2-4-3/h2H2,1H3. The van der Waals surface area contributed by atoms with Gasteiger partial charge in [0.25, 0.3) is 0 Å². The van der Waals surface area contributed by atoms with Crippen molar-refractivity contribution in [1.82, 2.24) is 0 Å². The van der Waals surface area contributed by atoms with Gasteiger partial charge in [-0.15, -0.1) is 0 Å². The Kier molecular flexibility index (Phi) is 3.97. The maximum absolute atomic E-state index is 4.48. The minimum absolute atomic E-state index is 0.792. The Hall–Kier alpha value is 0.518. The van der Waals surface area contributed by atoms with E-state index in [1.807, 2.05) is 24.1 Å². The number of rotatable bonds is 1. The molecule has 0 spiro atoms. The molecule has 0 saturated heterocycles. The molecule has 24 valence electrons. The Morgan fingerprint density at radius 1 is 2.00 bits per heavy atom. The first-order chi connectivity index (χ1) is 1.91. The van der Waals surface area contributed by atoms with Crippen LogP contribution in [0.1, 0.15) is 6.92 Å². The third-order valence-corrected chi connectivity index (χ3v) is 0.671. The summed E-state index contributed by atoms with van der Waals surface area (Å²) in [6, 6.07) is 0. The van der Waals surface area contributed by atoms with Crippen LogP contribution in [0.3, 0.4) is 0 Å². The normalized spacial score (nSPS) is 7.50. The molecule has 0 aliphatic carbocycles. The summed E-state index contributed by atoms with van der Waals surface area (Å²) in [5.74, 6) is 0. The van der Waals surface area contributed by atoms with Crippen molar-refractivity contribution < 1.29 is 3.73 Å². The van der Waals surface area contributed by atoms with E-state index in [1.165, 1.54) is 0 Å². The fourth-order valence-electron chi connectivity index (χ4n) is 0. The summed E-state index contributed by atoms with van der Waals surface area (Å²) in [6.45, 7) is 2.73. The van der Waals surface area contributed by atoms with Gasteiger partial charge in [0.05, 0.1) is 0 Å². The summed E-state index contributed by atoms with van der Waals surface area (Å²) in [6.07, 6.45) is 0. The molecule has 0 bridgehead atoms. The monoisotopic (exact) mass is 120 g/mol. The average Bonchev–Trinajstić information content (AvgIpc) is 1.37. The zero-order valence-electron chi connectivity index (χ0n) is 2.56. The molecule has 0 atom stereocenters. The van der Waals surface area contributed by atoms with E-state index in [-0.39, 0.29) is 0 Å². The molecule has 0 aromatic rings. The second-order valence-corrected chi connectivity index (χ2v) is 0.959. The molecule has 0 aliphatic rings. The molecule has 0 saturated carbocycles. The van der Waals surface area contributed by atoms with E-state index in [9.17, 15) is 0 Å². The molecule has 1 nitrogen and oxygen atoms in total. The quantitative estimate of drug-likeness (QED) is 0.446. The second-order valence-electron chi connectivity index (χ2n) is 0.418. The van der Waals surface area contributed by atoms with E-state index in [0.717, 1.165) is 6.61 Å². The van der Waals surface area contributed by atoms with Crippen molar-refractivity contribution in [2.45, 2.75) is 6.92 Å². The van der Waals surface area contributed by atoms with Crippen LogP contribution in [0.4, 0.5) is 0 Å². The van der Waals surface area contributed by atoms with Crippen LogP contribution in [0.15, 0.2) is 0 Å². The molecule has 0 aromatic heterocycles. The van der Waals surface area contributed by atoms with Crippen LogP contribution in [0, 0.1) is 0 Å². The van der Waals surface area contributed by atoms with Gasteiger partial charge in [0.2, 0.25) is 0 Å². The van der Waals surface area contributed by atoms with E-state index < -0.39 is 0 Å². The van der Waals surface area contributed by atoms with Gasteiger partial charge < -0.3 is 0 Å². The van der Waals surface area contributed by atoms with Crippen molar-refractivity contribution in [3.05, 3.63) is 0 Å². The van der Waals surface area contributed by atoms with E-state index in [4.69, 9.17) is 0 Å². The van der Waals surface area contributed by atoms with Gasteiger partial charge in [-0.3, -0.25) is 0 Å². The molecule has 2 heteroatoms. The molecule has 0 fully saturated rings. The first-order valence-electron chi connectivity index (χ1n) is 1.18. The third-order valence-electron chi connectivity index (χ3n) is 0.129. The molecule has 0 rings (SSSR count). The fraction of sp³-hybridized carbons (Fsp3) is 1.00. The van der Waals surface area contributed by atoms with Crippen LogP contribution in [0.2, 0.25) is 0 Å². The second kappa shape index (κ2) is 3.52. The van der Waals surface area contributed by atoms with Gasteiger partial charge in [0.1, 0.15) is 0 Å². The summed E-state index contributed by atoms with van der Waals surface area (Å²) < 4.78 is 4.48. The molecule has 0 heterocycles. The van der Waals surface area contributed by atoms with Crippen molar-refractivity contribution in [2.75, 3.05) is 6.61 Å². The van der Waals surface area contributed by atoms with Gasteiger partial charge >= 0.3 is 34.5 Å². The van der Waals surface area contributed by atoms with E-state index in [1.54, 1.807) is 0 Å². The number of hydrogen-bond acceptors (Lipinski definition) is 1. The zero-order chi connectivity index (χ0) is 3.41. The van der Waals surface area contributed by atoms with Gasteiger partial charge in [0, 0.05) is 0 Å². The van der Waals surface area contributed by atoms with Gasteiger partial charge in [-0.2, -0.15) is 0 Å². The molecule has 2 radical (unpaired) electrons. The van der Waals surface area contributed by atoms with Crippen LogP contribution < -0.4 is 0 Å². The molecule has 0 aliphatic heterocycles. The van der Waals surface area contributed by atoms with Crippen LogP contribution in [-0.4, -0.2) is 23.8 Å². The molecule has 4 heavy (non-hydrogen) atoms. The molecular formula is C2H5AsO. The van der Waals surface area contributed by atoms with Crippen molar-refractivity contribution in [3.8, 4) is 0 Å². The Morgan fingerprint density at radius 2 is 2.25 bits per heavy atom. The van der Waals surface area contributed by atoms with Crippen molar-refractivity contribution >= 4 is 17.2 Å². The molecule has 0 unspecified atom stereocenters. The number of hydrogen-bond donors (Lipinski definition) is 0.